The van der Waals surface area contributed by atoms with Gasteiger partial charge in [-0.3, -0.25) is 10.1 Å². The molecule has 1 N–H and O–H groups in total. The number of methoxy groups -OCH3 is 1. The molecule has 0 unspecified atom stereocenters. The maximum Gasteiger partial charge on any atom is 0.311 e. The summed E-state index contributed by atoms with van der Waals surface area (Å²) in [5.41, 5.74) is 0.415. The van der Waals surface area contributed by atoms with Crippen LogP contribution >= 0.6 is 11.6 Å². The Hall–Kier alpha value is -2.34. The zero-order valence-corrected chi connectivity index (χ0v) is 10.7. The molecule has 1 heterocycles. The lowest BCUT2D eigenvalue weighted by atomic mass is 10.3. The van der Waals surface area contributed by atoms with Crippen LogP contribution in [0.3, 0.4) is 0 Å². The van der Waals surface area contributed by atoms with Crippen LogP contribution in [0.1, 0.15) is 0 Å². The van der Waals surface area contributed by atoms with E-state index < -0.39 is 4.92 Å². The summed E-state index contributed by atoms with van der Waals surface area (Å²) in [6.45, 7) is 0. The number of halogens is 1. The first kappa shape index (κ1) is 13.1. The predicted molar refractivity (Wildman–Crippen MR) is 72.2 cm³/mol. The average molecular weight is 280 g/mol. The molecule has 0 aliphatic carbocycles. The lowest BCUT2D eigenvalue weighted by Gasteiger charge is -2.10. The number of ether oxygens (including phenoxy) is 1. The molecule has 0 aliphatic rings. The number of hydrogen-bond donors (Lipinski definition) is 1. The fourth-order valence-corrected chi connectivity index (χ4v) is 1.69. The second-order valence-electron chi connectivity index (χ2n) is 3.58. The summed E-state index contributed by atoms with van der Waals surface area (Å²) in [4.78, 5) is 14.3. The molecule has 0 bridgehead atoms. The van der Waals surface area contributed by atoms with Gasteiger partial charge in [0.1, 0.15) is 10.9 Å². The number of rotatable bonds is 4. The van der Waals surface area contributed by atoms with Crippen molar-refractivity contribution in [1.82, 2.24) is 4.98 Å². The van der Waals surface area contributed by atoms with Gasteiger partial charge in [-0.1, -0.05) is 23.7 Å². The third-order valence-corrected chi connectivity index (χ3v) is 2.61. The van der Waals surface area contributed by atoms with E-state index >= 15 is 0 Å². The molecule has 0 saturated carbocycles. The Balaban J connectivity index is 2.42. The van der Waals surface area contributed by atoms with Crippen molar-refractivity contribution < 1.29 is 9.66 Å². The smallest absolute Gasteiger partial charge is 0.311 e. The van der Waals surface area contributed by atoms with Crippen LogP contribution < -0.4 is 10.1 Å². The van der Waals surface area contributed by atoms with E-state index in [1.807, 2.05) is 0 Å². The van der Waals surface area contributed by atoms with E-state index in [1.54, 1.807) is 24.3 Å². The number of para-hydroxylation sites is 2. The van der Waals surface area contributed by atoms with Gasteiger partial charge in [0.15, 0.2) is 0 Å². The standard InChI is InChI=1S/C12H10ClN3O3/c1-19-10-5-3-2-4-8(10)14-12-9(16(17)18)6-7-11(13)15-12/h2-7H,1H3,(H,14,15). The van der Waals surface area contributed by atoms with Crippen molar-refractivity contribution in [2.45, 2.75) is 0 Å². The van der Waals surface area contributed by atoms with Crippen molar-refractivity contribution in [3.63, 3.8) is 0 Å². The van der Waals surface area contributed by atoms with Crippen molar-refractivity contribution in [2.75, 3.05) is 12.4 Å². The monoisotopic (exact) mass is 279 g/mol. The van der Waals surface area contributed by atoms with E-state index in [0.29, 0.717) is 11.4 Å². The van der Waals surface area contributed by atoms with E-state index in [1.165, 1.54) is 19.2 Å². The number of aromatic nitrogens is 1. The minimum Gasteiger partial charge on any atom is -0.495 e. The van der Waals surface area contributed by atoms with Crippen LogP contribution in [0, 0.1) is 10.1 Å². The molecular weight excluding hydrogens is 270 g/mol. The highest BCUT2D eigenvalue weighted by molar-refractivity contribution is 6.29. The van der Waals surface area contributed by atoms with Crippen LogP contribution in [-0.4, -0.2) is 17.0 Å². The van der Waals surface area contributed by atoms with Gasteiger partial charge in [0.05, 0.1) is 17.7 Å². The lowest BCUT2D eigenvalue weighted by molar-refractivity contribution is -0.384. The largest absolute Gasteiger partial charge is 0.495 e. The summed E-state index contributed by atoms with van der Waals surface area (Å²) in [5, 5.41) is 14.0. The lowest BCUT2D eigenvalue weighted by Crippen LogP contribution is -2.01. The normalized spacial score (nSPS) is 10.0. The number of hydrogen-bond acceptors (Lipinski definition) is 5. The first-order valence-corrected chi connectivity index (χ1v) is 5.70. The number of anilines is 2. The quantitative estimate of drug-likeness (QED) is 0.527. The summed E-state index contributed by atoms with van der Waals surface area (Å²) >= 11 is 5.76. The highest BCUT2D eigenvalue weighted by atomic mass is 35.5. The van der Waals surface area contributed by atoms with Gasteiger partial charge in [-0.25, -0.2) is 4.98 Å². The molecule has 0 radical (unpaired) electrons. The number of nitrogens with zero attached hydrogens (tertiary/aromatic N) is 2. The van der Waals surface area contributed by atoms with Crippen LogP contribution in [-0.2, 0) is 0 Å². The number of pyridine rings is 1. The van der Waals surface area contributed by atoms with Gasteiger partial charge in [0, 0.05) is 6.07 Å². The maximum absolute atomic E-state index is 10.9. The molecule has 0 amide bonds. The molecule has 0 fully saturated rings. The molecule has 0 spiro atoms. The van der Waals surface area contributed by atoms with Crippen LogP contribution in [0.4, 0.5) is 17.2 Å². The van der Waals surface area contributed by atoms with Crippen molar-refractivity contribution >= 4 is 28.8 Å². The molecule has 19 heavy (non-hydrogen) atoms. The van der Waals surface area contributed by atoms with Gasteiger partial charge in [-0.2, -0.15) is 0 Å². The van der Waals surface area contributed by atoms with E-state index in [0.717, 1.165) is 0 Å². The molecule has 0 saturated heterocycles. The second-order valence-corrected chi connectivity index (χ2v) is 3.97. The maximum atomic E-state index is 10.9. The summed E-state index contributed by atoms with van der Waals surface area (Å²) in [6, 6.07) is 9.70. The highest BCUT2D eigenvalue weighted by Gasteiger charge is 2.17. The topological polar surface area (TPSA) is 77.3 Å². The molecule has 2 aromatic rings. The zero-order valence-electron chi connectivity index (χ0n) is 9.96. The van der Waals surface area contributed by atoms with Crippen molar-refractivity contribution in [3.05, 3.63) is 51.7 Å². The molecule has 98 valence electrons. The number of nitrogens with one attached hydrogen (secondary N) is 1. The zero-order chi connectivity index (χ0) is 13.8. The third-order valence-electron chi connectivity index (χ3n) is 2.40. The fraction of sp³-hybridized carbons (Fsp3) is 0.0833. The van der Waals surface area contributed by atoms with Crippen molar-refractivity contribution in [1.29, 1.82) is 0 Å². The first-order valence-electron chi connectivity index (χ1n) is 5.33. The minimum atomic E-state index is -0.527. The Kier molecular flexibility index (Phi) is 3.82. The van der Waals surface area contributed by atoms with Gasteiger partial charge < -0.3 is 10.1 Å². The molecule has 1 aromatic carbocycles. The Labute approximate surface area is 114 Å². The Morgan fingerprint density at radius 3 is 2.74 bits per heavy atom. The Morgan fingerprint density at radius 2 is 2.05 bits per heavy atom. The number of nitro groups is 1. The predicted octanol–water partition coefficient (Wildman–Crippen LogP) is 3.40. The van der Waals surface area contributed by atoms with E-state index in [9.17, 15) is 10.1 Å². The second kappa shape index (κ2) is 5.53. The Morgan fingerprint density at radius 1 is 1.32 bits per heavy atom. The molecule has 2 rings (SSSR count). The summed E-state index contributed by atoms with van der Waals surface area (Å²) < 4.78 is 5.16. The van der Waals surface area contributed by atoms with Gasteiger partial charge >= 0.3 is 5.69 Å². The average Bonchev–Trinajstić information content (AvgIpc) is 2.39. The summed E-state index contributed by atoms with van der Waals surface area (Å²) in [7, 11) is 1.51. The Bertz CT molecular complexity index is 619. The summed E-state index contributed by atoms with van der Waals surface area (Å²) in [5.74, 6) is 0.626. The van der Waals surface area contributed by atoms with Crippen molar-refractivity contribution in [2.24, 2.45) is 0 Å². The van der Waals surface area contributed by atoms with Gasteiger partial charge in [-0.15, -0.1) is 0 Å². The van der Waals surface area contributed by atoms with Crippen LogP contribution in [0.5, 0.6) is 5.75 Å². The van der Waals surface area contributed by atoms with Gasteiger partial charge in [-0.05, 0) is 18.2 Å². The van der Waals surface area contributed by atoms with Crippen LogP contribution in [0.15, 0.2) is 36.4 Å². The van der Waals surface area contributed by atoms with Gasteiger partial charge in [0.2, 0.25) is 5.82 Å². The van der Waals surface area contributed by atoms with E-state index in [2.05, 4.69) is 10.3 Å². The first-order chi connectivity index (χ1) is 9.11. The summed E-state index contributed by atoms with van der Waals surface area (Å²) in [6.07, 6.45) is 0. The molecule has 6 nitrogen and oxygen atoms in total. The molecule has 0 atom stereocenters. The van der Waals surface area contributed by atoms with Crippen molar-refractivity contribution in [3.8, 4) is 5.75 Å². The molecular formula is C12H10ClN3O3. The third kappa shape index (κ3) is 2.92. The van der Waals surface area contributed by atoms with E-state index in [4.69, 9.17) is 16.3 Å². The minimum absolute atomic E-state index is 0.0713. The highest BCUT2D eigenvalue weighted by Crippen LogP contribution is 2.31. The SMILES string of the molecule is COc1ccccc1Nc1nc(Cl)ccc1[N+](=O)[O-]. The number of benzene rings is 1. The molecule has 1 aromatic heterocycles. The molecule has 0 aliphatic heterocycles. The van der Waals surface area contributed by atoms with Gasteiger partial charge in [0.25, 0.3) is 0 Å². The van der Waals surface area contributed by atoms with Crippen LogP contribution in [0.2, 0.25) is 5.15 Å². The van der Waals surface area contributed by atoms with E-state index in [-0.39, 0.29) is 16.7 Å². The molecule has 7 heteroatoms. The van der Waals surface area contributed by atoms with Crippen LogP contribution in [0.25, 0.3) is 0 Å². The fourth-order valence-electron chi connectivity index (χ4n) is 1.54.